The summed E-state index contributed by atoms with van der Waals surface area (Å²) < 4.78 is 1.10. The number of fused-ring (bicyclic) bond motifs is 1. The summed E-state index contributed by atoms with van der Waals surface area (Å²) in [5.41, 5.74) is 0.0580. The number of carbonyl (C=O) groups is 1. The summed E-state index contributed by atoms with van der Waals surface area (Å²) in [7, 11) is 0. The second kappa shape index (κ2) is 5.33. The average molecular weight is 296 g/mol. The number of carboxylic acid groups (broad SMARTS) is 1. The lowest BCUT2D eigenvalue weighted by atomic mass is 10.1. The molecule has 22 heavy (non-hydrogen) atoms. The second-order valence-electron chi connectivity index (χ2n) is 4.87. The molecule has 0 saturated carbocycles. The van der Waals surface area contributed by atoms with Crippen LogP contribution in [0.4, 0.5) is 0 Å². The zero-order valence-corrected chi connectivity index (χ0v) is 11.4. The molecule has 0 spiro atoms. The summed E-state index contributed by atoms with van der Waals surface area (Å²) in [5.74, 6) is -1.11. The third kappa shape index (κ3) is 2.42. The van der Waals surface area contributed by atoms with E-state index in [1.54, 1.807) is 0 Å². The largest absolute Gasteiger partial charge is 0.478 e. The predicted molar refractivity (Wildman–Crippen MR) is 81.3 cm³/mol. The first kappa shape index (κ1) is 13.8. The van der Waals surface area contributed by atoms with Crippen LogP contribution in [0, 0.1) is 0 Å². The van der Waals surface area contributed by atoms with Crippen LogP contribution in [0.3, 0.4) is 0 Å². The molecule has 2 N–H and O–H groups in total. The van der Waals surface area contributed by atoms with Gasteiger partial charge in [0.2, 0.25) is 0 Å². The van der Waals surface area contributed by atoms with Crippen molar-refractivity contribution < 1.29 is 9.90 Å². The Labute approximate surface area is 124 Å². The number of nitrogens with one attached hydrogen (secondary N) is 1. The SMILES string of the molecule is O=C(O)c1ccc2c(=O)n(Cc3ccccc3)c(=O)[nH]c2c1. The van der Waals surface area contributed by atoms with E-state index in [9.17, 15) is 14.4 Å². The Morgan fingerprint density at radius 1 is 1.09 bits per heavy atom. The molecule has 110 valence electrons. The number of aromatic nitrogens is 2. The van der Waals surface area contributed by atoms with E-state index in [-0.39, 0.29) is 23.0 Å². The lowest BCUT2D eigenvalue weighted by Crippen LogP contribution is -2.35. The molecule has 6 heteroatoms. The number of carboxylic acids is 1. The minimum Gasteiger partial charge on any atom is -0.478 e. The van der Waals surface area contributed by atoms with Crippen LogP contribution in [0.2, 0.25) is 0 Å². The number of aromatic carboxylic acids is 1. The van der Waals surface area contributed by atoms with Crippen LogP contribution in [0.5, 0.6) is 0 Å². The van der Waals surface area contributed by atoms with Crippen molar-refractivity contribution >= 4 is 16.9 Å². The van der Waals surface area contributed by atoms with Gasteiger partial charge in [0.05, 0.1) is 23.0 Å². The zero-order chi connectivity index (χ0) is 15.7. The van der Waals surface area contributed by atoms with E-state index in [0.29, 0.717) is 0 Å². The van der Waals surface area contributed by atoms with Gasteiger partial charge in [0.25, 0.3) is 5.56 Å². The van der Waals surface area contributed by atoms with Crippen molar-refractivity contribution in [3.63, 3.8) is 0 Å². The summed E-state index contributed by atoms with van der Waals surface area (Å²) in [5, 5.41) is 9.24. The van der Waals surface area contributed by atoms with Gasteiger partial charge in [-0.05, 0) is 23.8 Å². The van der Waals surface area contributed by atoms with E-state index in [0.717, 1.165) is 10.1 Å². The summed E-state index contributed by atoms with van der Waals surface area (Å²) >= 11 is 0. The summed E-state index contributed by atoms with van der Waals surface area (Å²) in [6.07, 6.45) is 0. The molecule has 2 aromatic carbocycles. The summed E-state index contributed by atoms with van der Waals surface area (Å²) in [6.45, 7) is 0.158. The van der Waals surface area contributed by atoms with Crippen LogP contribution in [0.25, 0.3) is 10.9 Å². The van der Waals surface area contributed by atoms with Crippen molar-refractivity contribution in [1.29, 1.82) is 0 Å². The van der Waals surface area contributed by atoms with Crippen LogP contribution >= 0.6 is 0 Å². The standard InChI is InChI=1S/C16H12N2O4/c19-14-12-7-6-11(15(20)21)8-13(12)17-16(22)18(14)9-10-4-2-1-3-5-10/h1-8H,9H2,(H,17,22)(H,20,21). The van der Waals surface area contributed by atoms with Gasteiger partial charge in [0, 0.05) is 0 Å². The van der Waals surface area contributed by atoms with Gasteiger partial charge in [-0.2, -0.15) is 0 Å². The number of H-pyrrole nitrogens is 1. The van der Waals surface area contributed by atoms with Gasteiger partial charge in [0.15, 0.2) is 0 Å². The smallest absolute Gasteiger partial charge is 0.335 e. The lowest BCUT2D eigenvalue weighted by Gasteiger charge is -2.07. The van der Waals surface area contributed by atoms with Crippen LogP contribution in [0.1, 0.15) is 15.9 Å². The van der Waals surface area contributed by atoms with Gasteiger partial charge in [-0.25, -0.2) is 9.59 Å². The molecule has 0 aliphatic rings. The first-order chi connectivity index (χ1) is 10.6. The fourth-order valence-electron chi connectivity index (χ4n) is 2.30. The molecule has 0 amide bonds. The highest BCUT2D eigenvalue weighted by atomic mass is 16.4. The van der Waals surface area contributed by atoms with E-state index in [2.05, 4.69) is 4.98 Å². The summed E-state index contributed by atoms with van der Waals surface area (Å²) in [6, 6.07) is 13.2. The van der Waals surface area contributed by atoms with Gasteiger partial charge in [0.1, 0.15) is 0 Å². The van der Waals surface area contributed by atoms with Crippen molar-refractivity contribution in [1.82, 2.24) is 9.55 Å². The third-order valence-electron chi connectivity index (χ3n) is 3.41. The Balaban J connectivity index is 2.17. The fraction of sp³-hybridized carbons (Fsp3) is 0.0625. The van der Waals surface area contributed by atoms with Crippen LogP contribution in [-0.4, -0.2) is 20.6 Å². The molecule has 1 aromatic heterocycles. The van der Waals surface area contributed by atoms with Crippen molar-refractivity contribution in [2.75, 3.05) is 0 Å². The predicted octanol–water partition coefficient (Wildman–Crippen LogP) is 1.44. The van der Waals surface area contributed by atoms with Gasteiger partial charge in [-0.1, -0.05) is 30.3 Å². The normalized spacial score (nSPS) is 10.7. The maximum Gasteiger partial charge on any atom is 0.335 e. The first-order valence-corrected chi connectivity index (χ1v) is 6.60. The van der Waals surface area contributed by atoms with Crippen LogP contribution in [-0.2, 0) is 6.54 Å². The van der Waals surface area contributed by atoms with E-state index in [4.69, 9.17) is 5.11 Å². The lowest BCUT2D eigenvalue weighted by molar-refractivity contribution is 0.0697. The highest BCUT2D eigenvalue weighted by Crippen LogP contribution is 2.09. The van der Waals surface area contributed by atoms with Crippen molar-refractivity contribution in [3.05, 3.63) is 80.5 Å². The zero-order valence-electron chi connectivity index (χ0n) is 11.4. The van der Waals surface area contributed by atoms with E-state index in [1.165, 1.54) is 18.2 Å². The number of rotatable bonds is 3. The molecule has 6 nitrogen and oxygen atoms in total. The molecule has 3 rings (SSSR count). The molecule has 0 saturated heterocycles. The number of hydrogen-bond donors (Lipinski definition) is 2. The Bertz CT molecular complexity index is 971. The molecule has 0 radical (unpaired) electrons. The van der Waals surface area contributed by atoms with E-state index in [1.807, 2.05) is 30.3 Å². The molecular formula is C16H12N2O4. The van der Waals surface area contributed by atoms with Crippen LogP contribution < -0.4 is 11.2 Å². The monoisotopic (exact) mass is 296 g/mol. The van der Waals surface area contributed by atoms with E-state index >= 15 is 0 Å². The highest BCUT2D eigenvalue weighted by molar-refractivity contribution is 5.92. The molecule has 0 aliphatic heterocycles. The Kier molecular flexibility index (Phi) is 3.34. The maximum atomic E-state index is 12.4. The minimum absolute atomic E-state index is 0.0170. The Morgan fingerprint density at radius 3 is 2.50 bits per heavy atom. The maximum absolute atomic E-state index is 12.4. The quantitative estimate of drug-likeness (QED) is 0.765. The average Bonchev–Trinajstić information content (AvgIpc) is 2.52. The number of nitrogens with zero attached hydrogens (tertiary/aromatic N) is 1. The Morgan fingerprint density at radius 2 is 1.82 bits per heavy atom. The molecule has 0 aliphatic carbocycles. The molecule has 0 fully saturated rings. The van der Waals surface area contributed by atoms with Gasteiger partial charge >= 0.3 is 11.7 Å². The number of benzene rings is 2. The molecule has 1 heterocycles. The topological polar surface area (TPSA) is 92.2 Å². The number of hydrogen-bond acceptors (Lipinski definition) is 3. The highest BCUT2D eigenvalue weighted by Gasteiger charge is 2.10. The molecule has 0 atom stereocenters. The fourth-order valence-corrected chi connectivity index (χ4v) is 2.30. The molecule has 0 unspecified atom stereocenters. The van der Waals surface area contributed by atoms with Gasteiger partial charge in [-0.3, -0.25) is 9.36 Å². The van der Waals surface area contributed by atoms with Crippen molar-refractivity contribution in [3.8, 4) is 0 Å². The van der Waals surface area contributed by atoms with Crippen LogP contribution in [0.15, 0.2) is 58.1 Å². The van der Waals surface area contributed by atoms with Gasteiger partial charge in [-0.15, -0.1) is 0 Å². The third-order valence-corrected chi connectivity index (χ3v) is 3.41. The van der Waals surface area contributed by atoms with Gasteiger partial charge < -0.3 is 10.1 Å². The number of aromatic amines is 1. The first-order valence-electron chi connectivity index (χ1n) is 6.60. The second-order valence-corrected chi connectivity index (χ2v) is 4.87. The van der Waals surface area contributed by atoms with Crippen molar-refractivity contribution in [2.45, 2.75) is 6.54 Å². The molecule has 0 bridgehead atoms. The minimum atomic E-state index is -1.11. The van der Waals surface area contributed by atoms with Crippen molar-refractivity contribution in [2.24, 2.45) is 0 Å². The van der Waals surface area contributed by atoms with E-state index < -0.39 is 17.2 Å². The molecular weight excluding hydrogens is 284 g/mol. The molecule has 3 aromatic rings. The Hall–Kier alpha value is -3.15. The summed E-state index contributed by atoms with van der Waals surface area (Å²) in [4.78, 5) is 38.0.